The van der Waals surface area contributed by atoms with E-state index in [0.717, 1.165) is 25.7 Å². The van der Waals surface area contributed by atoms with E-state index in [1.165, 1.54) is 0 Å². The molecule has 1 rings (SSSR count). The summed E-state index contributed by atoms with van der Waals surface area (Å²) < 4.78 is 0. The maximum atomic E-state index is 9.34. The summed E-state index contributed by atoms with van der Waals surface area (Å²) in [6, 6.07) is 0. The monoisotopic (exact) mass is 144 g/mol. The van der Waals surface area contributed by atoms with Crippen molar-refractivity contribution in [2.75, 3.05) is 6.61 Å². The molecule has 2 nitrogen and oxygen atoms in total. The van der Waals surface area contributed by atoms with Crippen LogP contribution in [0, 0.1) is 5.41 Å². The number of aliphatic hydroxyl groups excluding tert-OH is 2. The molecule has 1 unspecified atom stereocenters. The van der Waals surface area contributed by atoms with Gasteiger partial charge in [0.05, 0.1) is 12.7 Å². The molecule has 0 heterocycles. The molecule has 10 heavy (non-hydrogen) atoms. The summed E-state index contributed by atoms with van der Waals surface area (Å²) in [4.78, 5) is 0. The van der Waals surface area contributed by atoms with Crippen LogP contribution in [0.3, 0.4) is 0 Å². The van der Waals surface area contributed by atoms with Crippen molar-refractivity contribution < 1.29 is 10.2 Å². The Morgan fingerprint density at radius 1 is 1.40 bits per heavy atom. The van der Waals surface area contributed by atoms with E-state index in [0.29, 0.717) is 0 Å². The first kappa shape index (κ1) is 8.02. The lowest BCUT2D eigenvalue weighted by Crippen LogP contribution is -2.33. The van der Waals surface area contributed by atoms with Crippen LogP contribution in [0.25, 0.3) is 0 Å². The fourth-order valence-corrected chi connectivity index (χ4v) is 1.79. The summed E-state index contributed by atoms with van der Waals surface area (Å²) in [6.07, 6.45) is 3.94. The molecule has 2 N–H and O–H groups in total. The zero-order chi connectivity index (χ0) is 7.61. The number of hydrogen-bond acceptors (Lipinski definition) is 2. The van der Waals surface area contributed by atoms with Crippen molar-refractivity contribution in [3.8, 4) is 0 Å². The second-order valence-corrected chi connectivity index (χ2v) is 3.40. The Kier molecular flexibility index (Phi) is 2.32. The van der Waals surface area contributed by atoms with Gasteiger partial charge in [0.1, 0.15) is 0 Å². The van der Waals surface area contributed by atoms with Gasteiger partial charge < -0.3 is 10.2 Å². The molecule has 0 aromatic heterocycles. The van der Waals surface area contributed by atoms with Gasteiger partial charge in [-0.25, -0.2) is 0 Å². The van der Waals surface area contributed by atoms with Gasteiger partial charge in [-0.3, -0.25) is 0 Å². The summed E-state index contributed by atoms with van der Waals surface area (Å²) >= 11 is 0. The van der Waals surface area contributed by atoms with E-state index in [2.05, 4.69) is 0 Å². The van der Waals surface area contributed by atoms with Crippen LogP contribution >= 0.6 is 0 Å². The molecular formula is C8H16O2. The van der Waals surface area contributed by atoms with Gasteiger partial charge in [0.2, 0.25) is 0 Å². The zero-order valence-corrected chi connectivity index (χ0v) is 6.51. The minimum absolute atomic E-state index is 0.144. The number of aliphatic hydroxyl groups is 2. The standard InChI is InChI=1S/C8H16O2/c1-7(10)8(6-9)4-2-3-5-8/h7,9-10H,2-6H2,1H3. The molecule has 0 aromatic carbocycles. The molecule has 1 aliphatic rings. The fraction of sp³-hybridized carbons (Fsp3) is 1.00. The minimum Gasteiger partial charge on any atom is -0.396 e. The van der Waals surface area contributed by atoms with Crippen LogP contribution in [0.4, 0.5) is 0 Å². The molecule has 0 saturated heterocycles. The molecule has 0 aromatic rings. The molecule has 0 radical (unpaired) electrons. The molecule has 0 amide bonds. The Morgan fingerprint density at radius 3 is 2.10 bits per heavy atom. The maximum absolute atomic E-state index is 9.34. The third-order valence-corrected chi connectivity index (χ3v) is 2.80. The van der Waals surface area contributed by atoms with Gasteiger partial charge in [-0.05, 0) is 19.8 Å². The number of hydrogen-bond donors (Lipinski definition) is 2. The van der Waals surface area contributed by atoms with Crippen molar-refractivity contribution in [1.29, 1.82) is 0 Å². The van der Waals surface area contributed by atoms with Crippen LogP contribution in [0.2, 0.25) is 0 Å². The number of rotatable bonds is 2. The quantitative estimate of drug-likeness (QED) is 0.605. The lowest BCUT2D eigenvalue weighted by atomic mass is 9.82. The lowest BCUT2D eigenvalue weighted by molar-refractivity contribution is -0.00180. The Labute approximate surface area is 61.9 Å². The summed E-state index contributed by atoms with van der Waals surface area (Å²) in [7, 11) is 0. The molecule has 0 bridgehead atoms. The molecule has 1 atom stereocenters. The molecule has 0 aliphatic heterocycles. The summed E-state index contributed by atoms with van der Waals surface area (Å²) in [5, 5.41) is 18.4. The van der Waals surface area contributed by atoms with Gasteiger partial charge in [-0.15, -0.1) is 0 Å². The van der Waals surface area contributed by atoms with Crippen LogP contribution in [0.1, 0.15) is 32.6 Å². The smallest absolute Gasteiger partial charge is 0.0590 e. The first-order valence-electron chi connectivity index (χ1n) is 4.00. The van der Waals surface area contributed by atoms with Crippen molar-refractivity contribution in [3.63, 3.8) is 0 Å². The predicted octanol–water partition coefficient (Wildman–Crippen LogP) is 0.920. The molecular weight excluding hydrogens is 128 g/mol. The Bertz CT molecular complexity index is 104. The first-order chi connectivity index (χ1) is 4.71. The average molecular weight is 144 g/mol. The van der Waals surface area contributed by atoms with Crippen molar-refractivity contribution in [2.45, 2.75) is 38.7 Å². The van der Waals surface area contributed by atoms with Gasteiger partial charge in [0.15, 0.2) is 0 Å². The second kappa shape index (κ2) is 2.89. The van der Waals surface area contributed by atoms with E-state index in [1.54, 1.807) is 6.92 Å². The van der Waals surface area contributed by atoms with Gasteiger partial charge in [0, 0.05) is 5.41 Å². The first-order valence-corrected chi connectivity index (χ1v) is 4.00. The fourth-order valence-electron chi connectivity index (χ4n) is 1.79. The lowest BCUT2D eigenvalue weighted by Gasteiger charge is -2.29. The Hall–Kier alpha value is -0.0800. The van der Waals surface area contributed by atoms with E-state index < -0.39 is 0 Å². The van der Waals surface area contributed by atoms with Crippen molar-refractivity contribution in [2.24, 2.45) is 5.41 Å². The third kappa shape index (κ3) is 1.18. The van der Waals surface area contributed by atoms with E-state index in [1.807, 2.05) is 0 Å². The van der Waals surface area contributed by atoms with Gasteiger partial charge in [0.25, 0.3) is 0 Å². The normalized spacial score (nSPS) is 26.7. The average Bonchev–Trinajstić information content (AvgIpc) is 2.35. The van der Waals surface area contributed by atoms with Crippen LogP contribution in [-0.4, -0.2) is 22.9 Å². The molecule has 1 aliphatic carbocycles. The van der Waals surface area contributed by atoms with E-state index in [-0.39, 0.29) is 18.1 Å². The second-order valence-electron chi connectivity index (χ2n) is 3.40. The predicted molar refractivity (Wildman–Crippen MR) is 39.7 cm³/mol. The van der Waals surface area contributed by atoms with Crippen LogP contribution in [0.15, 0.2) is 0 Å². The van der Waals surface area contributed by atoms with Crippen molar-refractivity contribution in [1.82, 2.24) is 0 Å². The summed E-state index contributed by atoms with van der Waals surface area (Å²) in [5.74, 6) is 0. The van der Waals surface area contributed by atoms with E-state index >= 15 is 0 Å². The van der Waals surface area contributed by atoms with Gasteiger partial charge in [-0.2, -0.15) is 0 Å². The zero-order valence-electron chi connectivity index (χ0n) is 6.51. The molecule has 60 valence electrons. The highest BCUT2D eigenvalue weighted by molar-refractivity contribution is 4.88. The van der Waals surface area contributed by atoms with Crippen LogP contribution in [-0.2, 0) is 0 Å². The largest absolute Gasteiger partial charge is 0.396 e. The van der Waals surface area contributed by atoms with Gasteiger partial charge >= 0.3 is 0 Å². The highest BCUT2D eigenvalue weighted by Crippen LogP contribution is 2.40. The van der Waals surface area contributed by atoms with E-state index in [9.17, 15) is 5.11 Å². The highest BCUT2D eigenvalue weighted by atomic mass is 16.3. The SMILES string of the molecule is CC(O)C1(CO)CCCC1. The molecule has 2 heteroatoms. The third-order valence-electron chi connectivity index (χ3n) is 2.80. The minimum atomic E-state index is -0.347. The van der Waals surface area contributed by atoms with Crippen LogP contribution < -0.4 is 0 Å². The molecule has 1 fully saturated rings. The molecule has 0 spiro atoms. The van der Waals surface area contributed by atoms with Gasteiger partial charge in [-0.1, -0.05) is 12.8 Å². The Balaban J connectivity index is 2.58. The van der Waals surface area contributed by atoms with Crippen LogP contribution in [0.5, 0.6) is 0 Å². The van der Waals surface area contributed by atoms with Crippen molar-refractivity contribution >= 4 is 0 Å². The highest BCUT2D eigenvalue weighted by Gasteiger charge is 2.37. The van der Waals surface area contributed by atoms with E-state index in [4.69, 9.17) is 5.11 Å². The molecule has 1 saturated carbocycles. The maximum Gasteiger partial charge on any atom is 0.0590 e. The van der Waals surface area contributed by atoms with Crippen molar-refractivity contribution in [3.05, 3.63) is 0 Å². The Morgan fingerprint density at radius 2 is 1.90 bits per heavy atom. The topological polar surface area (TPSA) is 40.5 Å². The summed E-state index contributed by atoms with van der Waals surface area (Å²) in [6.45, 7) is 1.92. The summed E-state index contributed by atoms with van der Waals surface area (Å²) in [5.41, 5.74) is -0.153.